The first-order valence-corrected chi connectivity index (χ1v) is 9.72. The summed E-state index contributed by atoms with van der Waals surface area (Å²) in [4.78, 5) is 23.2. The summed E-state index contributed by atoms with van der Waals surface area (Å²) in [5.41, 5.74) is 1.32. The van der Waals surface area contributed by atoms with E-state index in [2.05, 4.69) is 14.8 Å². The van der Waals surface area contributed by atoms with Crippen LogP contribution in [0.25, 0.3) is 0 Å². The van der Waals surface area contributed by atoms with Gasteiger partial charge in [0.15, 0.2) is 0 Å². The molecule has 2 aliphatic rings. The highest BCUT2D eigenvalue weighted by Crippen LogP contribution is 2.22. The molecule has 0 unspecified atom stereocenters. The molecule has 0 aliphatic carbocycles. The summed E-state index contributed by atoms with van der Waals surface area (Å²) >= 11 is 0. The molecule has 4 rings (SSSR count). The number of pyridine rings is 1. The van der Waals surface area contributed by atoms with E-state index in [9.17, 15) is 9.18 Å². The summed E-state index contributed by atoms with van der Waals surface area (Å²) in [6, 6.07) is 10.7. The minimum absolute atomic E-state index is 0.0816. The molecule has 142 valence electrons. The van der Waals surface area contributed by atoms with Gasteiger partial charge in [0, 0.05) is 45.5 Å². The van der Waals surface area contributed by atoms with Crippen LogP contribution in [0.1, 0.15) is 29.6 Å². The van der Waals surface area contributed by atoms with Crippen molar-refractivity contribution in [2.75, 3.05) is 49.1 Å². The Morgan fingerprint density at radius 1 is 0.852 bits per heavy atom. The maximum atomic E-state index is 14.0. The molecule has 2 fully saturated rings. The van der Waals surface area contributed by atoms with Crippen LogP contribution in [0.5, 0.6) is 0 Å². The van der Waals surface area contributed by atoms with Crippen molar-refractivity contribution in [1.29, 1.82) is 0 Å². The highest BCUT2D eigenvalue weighted by atomic mass is 19.1. The fraction of sp³-hybridized carbons (Fsp3) is 0.429. The van der Waals surface area contributed by atoms with Crippen molar-refractivity contribution in [3.05, 3.63) is 54.0 Å². The highest BCUT2D eigenvalue weighted by Gasteiger charge is 2.22. The van der Waals surface area contributed by atoms with E-state index in [-0.39, 0.29) is 11.7 Å². The Kier molecular flexibility index (Phi) is 5.23. The van der Waals surface area contributed by atoms with Crippen LogP contribution in [0.3, 0.4) is 0 Å². The van der Waals surface area contributed by atoms with E-state index in [1.807, 2.05) is 29.2 Å². The molecule has 0 saturated carbocycles. The van der Waals surface area contributed by atoms with E-state index >= 15 is 0 Å². The molecule has 2 aliphatic heterocycles. The number of benzene rings is 1. The molecule has 27 heavy (non-hydrogen) atoms. The third kappa shape index (κ3) is 3.89. The van der Waals surface area contributed by atoms with Gasteiger partial charge in [-0.1, -0.05) is 12.1 Å². The molecule has 1 amide bonds. The molecular weight excluding hydrogens is 343 g/mol. The van der Waals surface area contributed by atoms with E-state index in [0.717, 1.165) is 57.9 Å². The molecule has 0 atom stereocenters. The molecule has 6 heteroatoms. The van der Waals surface area contributed by atoms with Crippen LogP contribution in [0.15, 0.2) is 42.6 Å². The molecule has 0 N–H and O–H groups in total. The van der Waals surface area contributed by atoms with Gasteiger partial charge in [-0.05, 0) is 43.5 Å². The van der Waals surface area contributed by atoms with Crippen molar-refractivity contribution in [2.45, 2.75) is 19.3 Å². The zero-order valence-electron chi connectivity index (χ0n) is 15.5. The lowest BCUT2D eigenvalue weighted by Crippen LogP contribution is -2.47. The molecule has 0 radical (unpaired) electrons. The number of hydrogen-bond acceptors (Lipinski definition) is 4. The van der Waals surface area contributed by atoms with E-state index in [0.29, 0.717) is 11.3 Å². The SMILES string of the molecule is O=C(c1ccc(N2CCN(c3ccccc3F)CC2)nc1)N1CCCCC1. The van der Waals surface area contributed by atoms with Crippen LogP contribution < -0.4 is 9.80 Å². The quantitative estimate of drug-likeness (QED) is 0.834. The van der Waals surface area contributed by atoms with Crippen LogP contribution in [-0.4, -0.2) is 55.1 Å². The second-order valence-corrected chi connectivity index (χ2v) is 7.18. The summed E-state index contributed by atoms with van der Waals surface area (Å²) in [6.07, 6.45) is 5.07. The van der Waals surface area contributed by atoms with E-state index in [1.54, 1.807) is 12.3 Å². The van der Waals surface area contributed by atoms with Crippen molar-refractivity contribution >= 4 is 17.4 Å². The zero-order valence-corrected chi connectivity index (χ0v) is 15.5. The lowest BCUT2D eigenvalue weighted by molar-refractivity contribution is 0.0724. The number of rotatable bonds is 3. The number of likely N-dealkylation sites (tertiary alicyclic amines) is 1. The first-order valence-electron chi connectivity index (χ1n) is 9.72. The van der Waals surface area contributed by atoms with Crippen molar-refractivity contribution in [3.8, 4) is 0 Å². The monoisotopic (exact) mass is 368 g/mol. The predicted molar refractivity (Wildman–Crippen MR) is 105 cm³/mol. The van der Waals surface area contributed by atoms with Crippen LogP contribution in [0.2, 0.25) is 0 Å². The molecule has 1 aromatic carbocycles. The highest BCUT2D eigenvalue weighted by molar-refractivity contribution is 5.94. The molecule has 2 saturated heterocycles. The lowest BCUT2D eigenvalue weighted by atomic mass is 10.1. The number of carbonyl (C=O) groups excluding carboxylic acids is 1. The Bertz CT molecular complexity index is 781. The third-order valence-electron chi connectivity index (χ3n) is 5.43. The van der Waals surface area contributed by atoms with E-state index < -0.39 is 0 Å². The average Bonchev–Trinajstić information content (AvgIpc) is 2.74. The standard InChI is InChI=1S/C21H25FN4O/c22-18-6-2-3-7-19(18)24-12-14-25(15-13-24)20-9-8-17(16-23-20)21(27)26-10-4-1-5-11-26/h2-3,6-9,16H,1,4-5,10-15H2. The fourth-order valence-electron chi connectivity index (χ4n) is 3.86. The average molecular weight is 368 g/mol. The smallest absolute Gasteiger partial charge is 0.255 e. The molecule has 2 aromatic rings. The topological polar surface area (TPSA) is 39.7 Å². The number of carbonyl (C=O) groups is 1. The predicted octanol–water partition coefficient (Wildman–Crippen LogP) is 3.17. The maximum absolute atomic E-state index is 14.0. The zero-order chi connectivity index (χ0) is 18.6. The maximum Gasteiger partial charge on any atom is 0.255 e. The summed E-state index contributed by atoms with van der Waals surface area (Å²) in [6.45, 7) is 4.74. The van der Waals surface area contributed by atoms with Crippen molar-refractivity contribution in [2.24, 2.45) is 0 Å². The van der Waals surface area contributed by atoms with Crippen molar-refractivity contribution in [3.63, 3.8) is 0 Å². The molecule has 5 nitrogen and oxygen atoms in total. The van der Waals surface area contributed by atoms with Gasteiger partial charge in [-0.2, -0.15) is 0 Å². The molecule has 0 bridgehead atoms. The summed E-state index contributed by atoms with van der Waals surface area (Å²) < 4.78 is 14.0. The summed E-state index contributed by atoms with van der Waals surface area (Å²) in [5.74, 6) is 0.779. The number of halogens is 1. The van der Waals surface area contributed by atoms with Crippen LogP contribution in [0, 0.1) is 5.82 Å². The largest absolute Gasteiger partial charge is 0.366 e. The number of aromatic nitrogens is 1. The lowest BCUT2D eigenvalue weighted by Gasteiger charge is -2.36. The fourth-order valence-corrected chi connectivity index (χ4v) is 3.86. The number of hydrogen-bond donors (Lipinski definition) is 0. The van der Waals surface area contributed by atoms with Gasteiger partial charge in [-0.15, -0.1) is 0 Å². The second-order valence-electron chi connectivity index (χ2n) is 7.18. The van der Waals surface area contributed by atoms with Gasteiger partial charge in [-0.3, -0.25) is 4.79 Å². The minimum atomic E-state index is -0.176. The Hall–Kier alpha value is -2.63. The Morgan fingerprint density at radius 2 is 1.56 bits per heavy atom. The van der Waals surface area contributed by atoms with E-state index in [1.165, 1.54) is 12.5 Å². The van der Waals surface area contributed by atoms with Crippen LogP contribution in [-0.2, 0) is 0 Å². The minimum Gasteiger partial charge on any atom is -0.366 e. The van der Waals surface area contributed by atoms with Crippen molar-refractivity contribution in [1.82, 2.24) is 9.88 Å². The van der Waals surface area contributed by atoms with Gasteiger partial charge in [0.05, 0.1) is 11.3 Å². The Balaban J connectivity index is 1.37. The summed E-state index contributed by atoms with van der Waals surface area (Å²) in [7, 11) is 0. The Labute approximate surface area is 159 Å². The van der Waals surface area contributed by atoms with Crippen molar-refractivity contribution < 1.29 is 9.18 Å². The number of piperazine rings is 1. The van der Waals surface area contributed by atoms with Gasteiger partial charge in [0.1, 0.15) is 11.6 Å². The van der Waals surface area contributed by atoms with Gasteiger partial charge in [0.2, 0.25) is 0 Å². The number of anilines is 2. The summed E-state index contributed by atoms with van der Waals surface area (Å²) in [5, 5.41) is 0. The van der Waals surface area contributed by atoms with Gasteiger partial charge >= 0.3 is 0 Å². The van der Waals surface area contributed by atoms with Gasteiger partial charge in [-0.25, -0.2) is 9.37 Å². The van der Waals surface area contributed by atoms with Crippen LogP contribution >= 0.6 is 0 Å². The van der Waals surface area contributed by atoms with Crippen LogP contribution in [0.4, 0.5) is 15.9 Å². The first-order chi connectivity index (χ1) is 13.2. The molecule has 3 heterocycles. The van der Waals surface area contributed by atoms with Gasteiger partial charge in [0.25, 0.3) is 5.91 Å². The van der Waals surface area contributed by atoms with E-state index in [4.69, 9.17) is 0 Å². The third-order valence-corrected chi connectivity index (χ3v) is 5.43. The number of nitrogens with zero attached hydrogens (tertiary/aromatic N) is 4. The second kappa shape index (κ2) is 7.94. The number of amides is 1. The molecule has 1 aromatic heterocycles. The first kappa shape index (κ1) is 17.8. The normalized spacial score (nSPS) is 17.9. The Morgan fingerprint density at radius 3 is 2.22 bits per heavy atom. The molecule has 0 spiro atoms. The number of para-hydroxylation sites is 1. The number of piperidine rings is 1. The van der Waals surface area contributed by atoms with Gasteiger partial charge < -0.3 is 14.7 Å². The molecular formula is C21H25FN4O.